The molecule has 0 spiro atoms. The third kappa shape index (κ3) is 4.11. The molecule has 33 heavy (non-hydrogen) atoms. The molecule has 3 heterocycles. The van der Waals surface area contributed by atoms with E-state index in [1.807, 2.05) is 52.0 Å². The number of anilines is 2. The van der Waals surface area contributed by atoms with Crippen molar-refractivity contribution >= 4 is 22.5 Å². The van der Waals surface area contributed by atoms with Crippen LogP contribution in [0.2, 0.25) is 0 Å². The average Bonchev–Trinajstić information content (AvgIpc) is 2.79. The molecule has 4 rings (SSSR count). The smallest absolute Gasteiger partial charge is 0.259 e. The number of nitrogens with zero attached hydrogens (tertiary/aromatic N) is 6. The van der Waals surface area contributed by atoms with E-state index in [0.717, 1.165) is 22.2 Å². The lowest BCUT2D eigenvalue weighted by Crippen LogP contribution is -2.28. The van der Waals surface area contributed by atoms with Crippen molar-refractivity contribution in [1.29, 1.82) is 5.26 Å². The van der Waals surface area contributed by atoms with E-state index in [9.17, 15) is 10.1 Å². The van der Waals surface area contributed by atoms with Crippen LogP contribution >= 0.6 is 0 Å². The summed E-state index contributed by atoms with van der Waals surface area (Å²) in [4.78, 5) is 30.4. The highest BCUT2D eigenvalue weighted by Crippen LogP contribution is 2.29. The number of pyridine rings is 1. The summed E-state index contributed by atoms with van der Waals surface area (Å²) in [7, 11) is 0. The first-order chi connectivity index (χ1) is 15.8. The fraction of sp³-hybridized carbons (Fsp3) is 0.250. The molecule has 0 amide bonds. The van der Waals surface area contributed by atoms with Crippen LogP contribution in [0, 0.1) is 18.3 Å². The Bertz CT molecular complexity index is 1430. The highest BCUT2D eigenvalue weighted by Gasteiger charge is 2.20. The summed E-state index contributed by atoms with van der Waals surface area (Å²) in [6.45, 7) is 7.66. The molecule has 0 aliphatic rings. The number of benzene rings is 1. The Labute approximate surface area is 191 Å². The van der Waals surface area contributed by atoms with Crippen LogP contribution in [0.3, 0.4) is 0 Å². The number of fused-ring (bicyclic) bond motifs is 1. The topological polar surface area (TPSA) is 135 Å². The minimum absolute atomic E-state index is 0.0634. The van der Waals surface area contributed by atoms with Gasteiger partial charge in [-0.2, -0.15) is 10.2 Å². The zero-order valence-electron chi connectivity index (χ0n) is 18.9. The molecule has 9 nitrogen and oxygen atoms in total. The first-order valence-corrected chi connectivity index (χ1v) is 10.6. The third-order valence-corrected chi connectivity index (χ3v) is 5.44. The van der Waals surface area contributed by atoms with Gasteiger partial charge in [-0.1, -0.05) is 18.2 Å². The summed E-state index contributed by atoms with van der Waals surface area (Å²) in [6, 6.07) is 9.36. The standard InChI is InChI=1S/C24H24N8O/c1-13(2)32-20(14(3)30-22-17(9-25)10-29-24(26)31-22)8-16-6-5-7-19(21(16)23(32)33)18-11-27-15(4)28-12-18/h5-8,10-14H,1-4H3,(H3,26,29,30,31)/t14-/m0/s1. The second-order valence-electron chi connectivity index (χ2n) is 8.10. The van der Waals surface area contributed by atoms with Crippen molar-refractivity contribution in [1.82, 2.24) is 24.5 Å². The van der Waals surface area contributed by atoms with E-state index in [2.05, 4.69) is 31.3 Å². The van der Waals surface area contributed by atoms with E-state index < -0.39 is 0 Å². The molecule has 0 radical (unpaired) electrons. The van der Waals surface area contributed by atoms with Gasteiger partial charge in [-0.25, -0.2) is 15.0 Å². The van der Waals surface area contributed by atoms with E-state index in [1.54, 1.807) is 17.0 Å². The number of nitrogens with one attached hydrogen (secondary N) is 1. The van der Waals surface area contributed by atoms with Gasteiger partial charge in [0.15, 0.2) is 0 Å². The second-order valence-corrected chi connectivity index (χ2v) is 8.10. The second kappa shape index (κ2) is 8.67. The van der Waals surface area contributed by atoms with Gasteiger partial charge in [-0.3, -0.25) is 4.79 Å². The molecule has 0 aliphatic heterocycles. The summed E-state index contributed by atoms with van der Waals surface area (Å²) >= 11 is 0. The van der Waals surface area contributed by atoms with E-state index in [4.69, 9.17) is 5.73 Å². The van der Waals surface area contributed by atoms with Crippen molar-refractivity contribution in [3.05, 3.63) is 70.3 Å². The van der Waals surface area contributed by atoms with Crippen LogP contribution in [0.15, 0.2) is 47.7 Å². The van der Waals surface area contributed by atoms with Gasteiger partial charge in [0, 0.05) is 29.7 Å². The molecular weight excluding hydrogens is 416 g/mol. The van der Waals surface area contributed by atoms with Crippen LogP contribution in [0.25, 0.3) is 21.9 Å². The van der Waals surface area contributed by atoms with E-state index in [-0.39, 0.29) is 29.2 Å². The lowest BCUT2D eigenvalue weighted by atomic mass is 9.99. The summed E-state index contributed by atoms with van der Waals surface area (Å²) in [5.41, 5.74) is 8.22. The molecule has 1 aromatic carbocycles. The number of hydrogen-bond acceptors (Lipinski definition) is 8. The van der Waals surface area contributed by atoms with Crippen LogP contribution in [0.4, 0.5) is 11.8 Å². The molecule has 0 unspecified atom stereocenters. The average molecular weight is 441 g/mol. The van der Waals surface area contributed by atoms with Crippen LogP contribution in [0.1, 0.15) is 49.9 Å². The summed E-state index contributed by atoms with van der Waals surface area (Å²) < 4.78 is 1.76. The SMILES string of the molecule is Cc1ncc(-c2cccc3cc([C@H](C)Nc4nc(N)ncc4C#N)n(C(C)C)c(=O)c23)cn1. The fourth-order valence-electron chi connectivity index (χ4n) is 3.90. The van der Waals surface area contributed by atoms with Crippen LogP contribution in [-0.2, 0) is 0 Å². The minimum Gasteiger partial charge on any atom is -0.368 e. The van der Waals surface area contributed by atoms with Gasteiger partial charge in [0.05, 0.1) is 17.6 Å². The Kier molecular flexibility index (Phi) is 5.75. The lowest BCUT2D eigenvalue weighted by molar-refractivity contribution is 0.541. The number of rotatable bonds is 5. The Hall–Kier alpha value is -4.32. The highest BCUT2D eigenvalue weighted by atomic mass is 16.1. The molecule has 4 aromatic rings. The highest BCUT2D eigenvalue weighted by molar-refractivity contribution is 5.96. The van der Waals surface area contributed by atoms with Crippen molar-refractivity contribution in [3.8, 4) is 17.2 Å². The summed E-state index contributed by atoms with van der Waals surface area (Å²) in [5, 5.41) is 14.0. The van der Waals surface area contributed by atoms with Gasteiger partial charge < -0.3 is 15.6 Å². The molecule has 3 aromatic heterocycles. The van der Waals surface area contributed by atoms with Gasteiger partial charge in [0.1, 0.15) is 23.3 Å². The zero-order valence-corrected chi connectivity index (χ0v) is 18.9. The van der Waals surface area contributed by atoms with Crippen molar-refractivity contribution in [2.24, 2.45) is 0 Å². The molecule has 1 atom stereocenters. The molecule has 0 saturated heterocycles. The van der Waals surface area contributed by atoms with Crippen molar-refractivity contribution in [2.75, 3.05) is 11.1 Å². The molecule has 0 aliphatic carbocycles. The van der Waals surface area contributed by atoms with E-state index in [1.165, 1.54) is 6.20 Å². The van der Waals surface area contributed by atoms with Gasteiger partial charge >= 0.3 is 0 Å². The Morgan fingerprint density at radius 2 is 1.85 bits per heavy atom. The van der Waals surface area contributed by atoms with Gasteiger partial charge in [0.25, 0.3) is 5.56 Å². The van der Waals surface area contributed by atoms with Crippen LogP contribution < -0.4 is 16.6 Å². The zero-order chi connectivity index (χ0) is 23.7. The van der Waals surface area contributed by atoms with Crippen LogP contribution in [-0.4, -0.2) is 24.5 Å². The minimum atomic E-state index is -0.336. The number of nitrogen functional groups attached to an aromatic ring is 1. The Morgan fingerprint density at radius 3 is 2.52 bits per heavy atom. The Balaban J connectivity index is 1.89. The maximum atomic E-state index is 13.8. The molecule has 0 fully saturated rings. The predicted molar refractivity (Wildman–Crippen MR) is 128 cm³/mol. The molecule has 3 N–H and O–H groups in total. The van der Waals surface area contributed by atoms with Crippen molar-refractivity contribution in [2.45, 2.75) is 39.8 Å². The van der Waals surface area contributed by atoms with Crippen molar-refractivity contribution in [3.63, 3.8) is 0 Å². The van der Waals surface area contributed by atoms with Gasteiger partial charge in [-0.15, -0.1) is 0 Å². The summed E-state index contributed by atoms with van der Waals surface area (Å²) in [6.07, 6.45) is 4.85. The van der Waals surface area contributed by atoms with Gasteiger partial charge in [-0.05, 0) is 44.7 Å². The molecule has 0 saturated carbocycles. The number of aryl methyl sites for hydroxylation is 1. The number of nitrogens with two attached hydrogens (primary N) is 1. The third-order valence-electron chi connectivity index (χ3n) is 5.44. The monoisotopic (exact) mass is 440 g/mol. The van der Waals surface area contributed by atoms with E-state index >= 15 is 0 Å². The quantitative estimate of drug-likeness (QED) is 0.479. The normalized spacial score (nSPS) is 12.0. The maximum absolute atomic E-state index is 13.8. The van der Waals surface area contributed by atoms with E-state index in [0.29, 0.717) is 17.0 Å². The fourth-order valence-corrected chi connectivity index (χ4v) is 3.90. The summed E-state index contributed by atoms with van der Waals surface area (Å²) in [5.74, 6) is 1.06. The number of hydrogen-bond donors (Lipinski definition) is 2. The number of aromatic nitrogens is 5. The molecule has 9 heteroatoms. The predicted octanol–water partition coefficient (Wildman–Crippen LogP) is 3.76. The Morgan fingerprint density at radius 1 is 1.12 bits per heavy atom. The van der Waals surface area contributed by atoms with Gasteiger partial charge in [0.2, 0.25) is 5.95 Å². The largest absolute Gasteiger partial charge is 0.368 e. The maximum Gasteiger partial charge on any atom is 0.259 e. The molecular formula is C24H24N8O. The first-order valence-electron chi connectivity index (χ1n) is 10.6. The first kappa shape index (κ1) is 21.9. The number of nitriles is 1. The van der Waals surface area contributed by atoms with Crippen LogP contribution in [0.5, 0.6) is 0 Å². The molecule has 0 bridgehead atoms. The van der Waals surface area contributed by atoms with Crippen molar-refractivity contribution < 1.29 is 0 Å². The molecule has 166 valence electrons. The lowest BCUT2D eigenvalue weighted by Gasteiger charge is -2.24.